The van der Waals surface area contributed by atoms with Gasteiger partial charge in [-0.3, -0.25) is 0 Å². The Labute approximate surface area is 134 Å². The van der Waals surface area contributed by atoms with E-state index in [2.05, 4.69) is 66.0 Å². The van der Waals surface area contributed by atoms with Gasteiger partial charge in [0.1, 0.15) is 0 Å². The lowest BCUT2D eigenvalue weighted by Gasteiger charge is -2.27. The first-order valence-corrected chi connectivity index (χ1v) is 8.51. The quantitative estimate of drug-likeness (QED) is 0.427. The van der Waals surface area contributed by atoms with E-state index in [1.165, 1.54) is 43.1 Å². The lowest BCUT2D eigenvalue weighted by molar-refractivity contribution is 0.985. The summed E-state index contributed by atoms with van der Waals surface area (Å²) in [5, 5.41) is 6.44. The zero-order valence-corrected chi connectivity index (χ0v) is 12.9. The summed E-state index contributed by atoms with van der Waals surface area (Å²) in [7, 11) is 0. The van der Waals surface area contributed by atoms with Crippen molar-refractivity contribution in [1.82, 2.24) is 0 Å². The highest BCUT2D eigenvalue weighted by Crippen LogP contribution is 2.51. The van der Waals surface area contributed by atoms with Crippen LogP contribution < -0.4 is 5.32 Å². The number of nitrogens with one attached hydrogen (secondary N) is 1. The minimum Gasteiger partial charge on any atom is -0.353 e. The van der Waals surface area contributed by atoms with Crippen LogP contribution in [0, 0.1) is 0 Å². The first kappa shape index (κ1) is 12.4. The minimum absolute atomic E-state index is 1.12. The highest BCUT2D eigenvalue weighted by atomic mass is 32.2. The fraction of sp³-hybridized carbons (Fsp3) is 0.100. The predicted molar refractivity (Wildman–Crippen MR) is 95.2 cm³/mol. The smallest absolute Gasteiger partial charge is 0.0571 e. The van der Waals surface area contributed by atoms with Crippen LogP contribution in [-0.2, 0) is 6.42 Å². The van der Waals surface area contributed by atoms with Crippen molar-refractivity contribution in [1.29, 1.82) is 0 Å². The molecule has 1 heterocycles. The number of para-hydroxylation sites is 1. The fourth-order valence-electron chi connectivity index (χ4n) is 3.51. The van der Waals surface area contributed by atoms with Crippen LogP contribution in [0.4, 0.5) is 11.4 Å². The molecule has 0 amide bonds. The normalized spacial score (nSPS) is 14.9. The number of benzene rings is 3. The standard InChI is InChI=1S/C20H15NS/c1-3-9-15-13(7-1)14-8-2-4-10-16(14)20-19(15)21-17-11-5-6-12-18(17)22-20/h1-2,4-8,10-12,21H,3,9H2. The molecule has 0 atom stereocenters. The Hall–Kier alpha value is -2.19. The maximum absolute atomic E-state index is 3.71. The number of allylic oxidation sites excluding steroid dienone is 1. The molecule has 1 aliphatic carbocycles. The van der Waals surface area contributed by atoms with Gasteiger partial charge in [-0.15, -0.1) is 0 Å². The largest absolute Gasteiger partial charge is 0.353 e. The predicted octanol–water partition coefficient (Wildman–Crippen LogP) is 6.01. The van der Waals surface area contributed by atoms with Gasteiger partial charge < -0.3 is 5.32 Å². The molecule has 22 heavy (non-hydrogen) atoms. The topological polar surface area (TPSA) is 12.0 Å². The van der Waals surface area contributed by atoms with Crippen LogP contribution in [0.15, 0.2) is 64.4 Å². The monoisotopic (exact) mass is 301 g/mol. The van der Waals surface area contributed by atoms with Crippen LogP contribution in [0.5, 0.6) is 0 Å². The van der Waals surface area contributed by atoms with E-state index in [0.29, 0.717) is 0 Å². The van der Waals surface area contributed by atoms with E-state index in [9.17, 15) is 0 Å². The van der Waals surface area contributed by atoms with Gasteiger partial charge in [0.15, 0.2) is 0 Å². The third kappa shape index (κ3) is 1.68. The maximum atomic E-state index is 3.71. The van der Waals surface area contributed by atoms with Crippen molar-refractivity contribution >= 4 is 40.0 Å². The summed E-state index contributed by atoms with van der Waals surface area (Å²) >= 11 is 1.90. The summed E-state index contributed by atoms with van der Waals surface area (Å²) in [5.41, 5.74) is 5.42. The zero-order valence-electron chi connectivity index (χ0n) is 12.1. The second-order valence-electron chi connectivity index (χ2n) is 5.81. The molecule has 2 heteroatoms. The molecule has 1 N–H and O–H groups in total. The molecule has 0 spiro atoms. The molecule has 3 aromatic rings. The second-order valence-corrected chi connectivity index (χ2v) is 6.86. The Kier molecular flexibility index (Phi) is 2.61. The number of hydrogen-bond donors (Lipinski definition) is 1. The lowest BCUT2D eigenvalue weighted by atomic mass is 9.90. The number of hydrogen-bond acceptors (Lipinski definition) is 2. The van der Waals surface area contributed by atoms with Crippen molar-refractivity contribution in [2.45, 2.75) is 22.6 Å². The van der Waals surface area contributed by atoms with Crippen molar-refractivity contribution < 1.29 is 0 Å². The molecule has 1 aliphatic heterocycles. The van der Waals surface area contributed by atoms with Gasteiger partial charge >= 0.3 is 0 Å². The molecule has 2 aliphatic rings. The van der Waals surface area contributed by atoms with Crippen molar-refractivity contribution in [2.75, 3.05) is 5.32 Å². The summed E-state index contributed by atoms with van der Waals surface area (Å²) < 4.78 is 0. The Balaban J connectivity index is 1.87. The van der Waals surface area contributed by atoms with E-state index < -0.39 is 0 Å². The van der Waals surface area contributed by atoms with Gasteiger partial charge in [-0.25, -0.2) is 0 Å². The van der Waals surface area contributed by atoms with Crippen molar-refractivity contribution in [3.8, 4) is 0 Å². The Bertz CT molecular complexity index is 940. The molecule has 0 fully saturated rings. The van der Waals surface area contributed by atoms with Crippen LogP contribution in [-0.4, -0.2) is 0 Å². The van der Waals surface area contributed by atoms with Gasteiger partial charge in [-0.1, -0.05) is 60.3 Å². The Morgan fingerprint density at radius 1 is 0.909 bits per heavy atom. The summed E-state index contributed by atoms with van der Waals surface area (Å²) in [6.45, 7) is 0. The first-order chi connectivity index (χ1) is 10.9. The van der Waals surface area contributed by atoms with Crippen LogP contribution in [0.1, 0.15) is 17.5 Å². The zero-order chi connectivity index (χ0) is 14.5. The van der Waals surface area contributed by atoms with E-state index in [1.54, 1.807) is 0 Å². The van der Waals surface area contributed by atoms with Gasteiger partial charge in [-0.2, -0.15) is 0 Å². The molecule has 3 aromatic carbocycles. The van der Waals surface area contributed by atoms with Crippen LogP contribution >= 0.6 is 11.8 Å². The summed E-state index contributed by atoms with van der Waals surface area (Å²) in [6.07, 6.45) is 6.85. The van der Waals surface area contributed by atoms with E-state index >= 15 is 0 Å². The van der Waals surface area contributed by atoms with Gasteiger partial charge in [0.2, 0.25) is 0 Å². The molecule has 0 aromatic heterocycles. The third-order valence-corrected chi connectivity index (χ3v) is 5.72. The fourth-order valence-corrected chi connectivity index (χ4v) is 4.67. The van der Waals surface area contributed by atoms with Crippen LogP contribution in [0.25, 0.3) is 16.8 Å². The average molecular weight is 301 g/mol. The maximum Gasteiger partial charge on any atom is 0.0571 e. The SMILES string of the molecule is C1=Cc2c(c3c(c4ccccc24)Sc2ccccc2N3)CC1. The highest BCUT2D eigenvalue weighted by Gasteiger charge is 2.24. The highest BCUT2D eigenvalue weighted by molar-refractivity contribution is 8.00. The van der Waals surface area contributed by atoms with Crippen molar-refractivity contribution in [3.63, 3.8) is 0 Å². The van der Waals surface area contributed by atoms with Crippen molar-refractivity contribution in [2.24, 2.45) is 0 Å². The first-order valence-electron chi connectivity index (χ1n) is 7.70. The molecule has 0 saturated carbocycles. The number of fused-ring (bicyclic) bond motifs is 7. The molecular weight excluding hydrogens is 286 g/mol. The number of anilines is 2. The van der Waals surface area contributed by atoms with E-state index in [0.717, 1.165) is 12.8 Å². The Morgan fingerprint density at radius 2 is 1.73 bits per heavy atom. The Morgan fingerprint density at radius 3 is 2.68 bits per heavy atom. The molecule has 106 valence electrons. The number of rotatable bonds is 0. The molecule has 1 nitrogen and oxygen atoms in total. The minimum atomic E-state index is 1.12. The van der Waals surface area contributed by atoms with Gasteiger partial charge in [0.05, 0.1) is 11.4 Å². The molecular formula is C20H15NS. The summed E-state index contributed by atoms with van der Waals surface area (Å²) in [6, 6.07) is 17.4. The van der Waals surface area contributed by atoms with Crippen LogP contribution in [0.2, 0.25) is 0 Å². The lowest BCUT2D eigenvalue weighted by Crippen LogP contribution is -2.07. The van der Waals surface area contributed by atoms with E-state index in [1.807, 2.05) is 11.8 Å². The average Bonchev–Trinajstić information content (AvgIpc) is 2.61. The van der Waals surface area contributed by atoms with Crippen LogP contribution in [0.3, 0.4) is 0 Å². The third-order valence-electron chi connectivity index (χ3n) is 4.52. The molecule has 0 unspecified atom stereocenters. The van der Waals surface area contributed by atoms with Gasteiger partial charge in [0.25, 0.3) is 0 Å². The van der Waals surface area contributed by atoms with Gasteiger partial charge in [-0.05, 0) is 46.9 Å². The van der Waals surface area contributed by atoms with Gasteiger partial charge in [0, 0.05) is 9.79 Å². The molecule has 0 radical (unpaired) electrons. The summed E-state index contributed by atoms with van der Waals surface area (Å²) in [4.78, 5) is 2.69. The summed E-state index contributed by atoms with van der Waals surface area (Å²) in [5.74, 6) is 0. The van der Waals surface area contributed by atoms with E-state index in [-0.39, 0.29) is 0 Å². The molecule has 5 rings (SSSR count). The van der Waals surface area contributed by atoms with E-state index in [4.69, 9.17) is 0 Å². The second kappa shape index (κ2) is 4.65. The van der Waals surface area contributed by atoms with Crippen molar-refractivity contribution in [3.05, 3.63) is 65.7 Å². The molecule has 0 bridgehead atoms. The molecule has 0 saturated heterocycles.